The van der Waals surface area contributed by atoms with Crippen molar-refractivity contribution < 1.29 is 14.7 Å². The second-order valence-corrected chi connectivity index (χ2v) is 4.94. The first-order valence-electron chi connectivity index (χ1n) is 5.53. The van der Waals surface area contributed by atoms with Crippen molar-refractivity contribution in [2.45, 2.75) is 6.10 Å². The highest BCUT2D eigenvalue weighted by Crippen LogP contribution is 2.34. The summed E-state index contributed by atoms with van der Waals surface area (Å²) in [5.74, 6) is -1.12. The molecule has 0 aromatic heterocycles. The van der Waals surface area contributed by atoms with Gasteiger partial charge in [0.1, 0.15) is 0 Å². The Hall–Kier alpha value is -1.24. The maximum atomic E-state index is 11.9. The third-order valence-electron chi connectivity index (χ3n) is 2.78. The van der Waals surface area contributed by atoms with Crippen LogP contribution in [0, 0.1) is 0 Å². The minimum atomic E-state index is -0.711. The highest BCUT2D eigenvalue weighted by molar-refractivity contribution is 9.10. The molecule has 1 aromatic carbocycles. The molecule has 1 aliphatic rings. The fourth-order valence-corrected chi connectivity index (χ4v) is 2.53. The molecule has 96 valence electrons. The molecule has 0 spiro atoms. The zero-order chi connectivity index (χ0) is 13.3. The zero-order valence-corrected chi connectivity index (χ0v) is 11.4. The van der Waals surface area contributed by atoms with Crippen LogP contribution in [0.5, 0.6) is 0 Å². The van der Waals surface area contributed by atoms with Gasteiger partial charge in [-0.15, -0.1) is 0 Å². The van der Waals surface area contributed by atoms with Crippen molar-refractivity contribution in [3.8, 4) is 0 Å². The lowest BCUT2D eigenvalue weighted by Gasteiger charge is -2.20. The predicted octanol–water partition coefficient (Wildman–Crippen LogP) is 0.559. The number of rotatable bonds is 4. The molecule has 1 heterocycles. The SMILES string of the molecule is CNCC(O)CN1C(=O)C(=O)c2c(Br)cccc21. The van der Waals surface area contributed by atoms with E-state index in [-0.39, 0.29) is 6.54 Å². The molecule has 0 saturated carbocycles. The van der Waals surface area contributed by atoms with E-state index in [4.69, 9.17) is 0 Å². The van der Waals surface area contributed by atoms with Crippen molar-refractivity contribution in [1.29, 1.82) is 0 Å². The number of halogens is 1. The largest absolute Gasteiger partial charge is 0.390 e. The predicted molar refractivity (Wildman–Crippen MR) is 70.8 cm³/mol. The second-order valence-electron chi connectivity index (χ2n) is 4.09. The van der Waals surface area contributed by atoms with E-state index >= 15 is 0 Å². The highest BCUT2D eigenvalue weighted by Gasteiger charge is 2.37. The van der Waals surface area contributed by atoms with Crippen LogP contribution in [0.3, 0.4) is 0 Å². The van der Waals surface area contributed by atoms with Gasteiger partial charge in [-0.05, 0) is 35.1 Å². The van der Waals surface area contributed by atoms with Crippen LogP contribution in [0.1, 0.15) is 10.4 Å². The summed E-state index contributed by atoms with van der Waals surface area (Å²) in [7, 11) is 1.71. The number of aliphatic hydroxyl groups excluding tert-OH is 1. The molecule has 5 nitrogen and oxygen atoms in total. The van der Waals surface area contributed by atoms with Gasteiger partial charge in [-0.3, -0.25) is 9.59 Å². The molecular weight excluding hydrogens is 300 g/mol. The number of carbonyl (C=O) groups is 2. The lowest BCUT2D eigenvalue weighted by molar-refractivity contribution is -0.114. The van der Waals surface area contributed by atoms with Gasteiger partial charge in [-0.2, -0.15) is 0 Å². The number of benzene rings is 1. The Labute approximate surface area is 113 Å². The molecular formula is C12H13BrN2O3. The fourth-order valence-electron chi connectivity index (χ4n) is 1.99. The first-order valence-corrected chi connectivity index (χ1v) is 6.33. The van der Waals surface area contributed by atoms with E-state index in [2.05, 4.69) is 21.2 Å². The summed E-state index contributed by atoms with van der Waals surface area (Å²) in [4.78, 5) is 25.1. The molecule has 0 saturated heterocycles. The summed E-state index contributed by atoms with van der Waals surface area (Å²) in [6.45, 7) is 0.468. The van der Waals surface area contributed by atoms with E-state index in [9.17, 15) is 14.7 Å². The maximum Gasteiger partial charge on any atom is 0.299 e. The third-order valence-corrected chi connectivity index (χ3v) is 3.44. The second kappa shape index (κ2) is 5.17. The number of Topliss-reactive ketones (excluding diaryl/α,β-unsaturated/α-hetero) is 1. The smallest absolute Gasteiger partial charge is 0.299 e. The summed E-state index contributed by atoms with van der Waals surface area (Å²) in [6.07, 6.45) is -0.711. The Morgan fingerprint density at radius 3 is 2.83 bits per heavy atom. The number of nitrogens with zero attached hydrogens (tertiary/aromatic N) is 1. The van der Waals surface area contributed by atoms with Crippen LogP contribution in [0.2, 0.25) is 0 Å². The molecule has 6 heteroatoms. The molecule has 1 aromatic rings. The Morgan fingerprint density at radius 1 is 1.44 bits per heavy atom. The number of ketones is 1. The zero-order valence-electron chi connectivity index (χ0n) is 9.81. The molecule has 2 N–H and O–H groups in total. The molecule has 18 heavy (non-hydrogen) atoms. The van der Waals surface area contributed by atoms with E-state index in [1.807, 2.05) is 0 Å². The van der Waals surface area contributed by atoms with Gasteiger partial charge >= 0.3 is 0 Å². The topological polar surface area (TPSA) is 69.6 Å². The van der Waals surface area contributed by atoms with E-state index in [1.165, 1.54) is 4.90 Å². The van der Waals surface area contributed by atoms with Gasteiger partial charge in [0.2, 0.25) is 0 Å². The van der Waals surface area contributed by atoms with Crippen molar-refractivity contribution >= 4 is 33.3 Å². The van der Waals surface area contributed by atoms with Gasteiger partial charge in [0, 0.05) is 11.0 Å². The minimum absolute atomic E-state index is 0.106. The molecule has 0 aliphatic carbocycles. The quantitative estimate of drug-likeness (QED) is 0.797. The summed E-state index contributed by atoms with van der Waals surface area (Å²) < 4.78 is 0.601. The van der Waals surface area contributed by atoms with Crippen LogP contribution in [0.15, 0.2) is 22.7 Å². The molecule has 1 amide bonds. The summed E-state index contributed by atoms with van der Waals surface area (Å²) in [5, 5.41) is 12.5. The number of amides is 1. The Bertz CT molecular complexity index is 504. The lowest BCUT2D eigenvalue weighted by Crippen LogP contribution is -2.40. The Morgan fingerprint density at radius 2 is 2.17 bits per heavy atom. The van der Waals surface area contributed by atoms with Crippen LogP contribution in [0.4, 0.5) is 5.69 Å². The van der Waals surface area contributed by atoms with Crippen LogP contribution in [0.25, 0.3) is 0 Å². The van der Waals surface area contributed by atoms with Crippen LogP contribution in [-0.2, 0) is 4.79 Å². The van der Waals surface area contributed by atoms with Crippen molar-refractivity contribution in [2.24, 2.45) is 0 Å². The van der Waals surface area contributed by atoms with E-state index in [0.717, 1.165) is 0 Å². The van der Waals surface area contributed by atoms with Crippen LogP contribution < -0.4 is 10.2 Å². The summed E-state index contributed by atoms with van der Waals surface area (Å²) in [6, 6.07) is 5.18. The lowest BCUT2D eigenvalue weighted by atomic mass is 10.1. The van der Waals surface area contributed by atoms with Gasteiger partial charge in [-0.25, -0.2) is 0 Å². The van der Waals surface area contributed by atoms with Gasteiger partial charge in [0.25, 0.3) is 11.7 Å². The van der Waals surface area contributed by atoms with Crippen molar-refractivity contribution in [2.75, 3.05) is 25.0 Å². The average Bonchev–Trinajstić information content (AvgIpc) is 2.56. The van der Waals surface area contributed by atoms with Gasteiger partial charge in [0.15, 0.2) is 0 Å². The number of anilines is 1. The van der Waals surface area contributed by atoms with Gasteiger partial charge < -0.3 is 15.3 Å². The van der Waals surface area contributed by atoms with Crippen LogP contribution in [-0.4, -0.2) is 43.0 Å². The van der Waals surface area contributed by atoms with E-state index < -0.39 is 17.8 Å². The first-order chi connectivity index (χ1) is 8.56. The van der Waals surface area contributed by atoms with Crippen molar-refractivity contribution in [3.05, 3.63) is 28.2 Å². The summed E-state index contributed by atoms with van der Waals surface area (Å²) in [5.41, 5.74) is 0.925. The van der Waals surface area contributed by atoms with Gasteiger partial charge in [-0.1, -0.05) is 6.07 Å². The minimum Gasteiger partial charge on any atom is -0.390 e. The fraction of sp³-hybridized carbons (Fsp3) is 0.333. The Balaban J connectivity index is 2.32. The third kappa shape index (κ3) is 2.19. The number of fused-ring (bicyclic) bond motifs is 1. The van der Waals surface area contributed by atoms with Gasteiger partial charge in [0.05, 0.1) is 23.9 Å². The standard InChI is InChI=1S/C12H13BrN2O3/c1-14-5-7(16)6-15-9-4-2-3-8(13)10(9)11(17)12(15)18/h2-4,7,14,16H,5-6H2,1H3. The number of β-amino-alcohol motifs (C(OH)–C–C–N with tert-alkyl or cyclic N) is 1. The number of nitrogens with one attached hydrogen (secondary N) is 1. The number of aliphatic hydroxyl groups is 1. The highest BCUT2D eigenvalue weighted by atomic mass is 79.9. The summed E-state index contributed by atoms with van der Waals surface area (Å²) >= 11 is 3.27. The number of hydrogen-bond acceptors (Lipinski definition) is 4. The van der Waals surface area contributed by atoms with Crippen LogP contribution >= 0.6 is 15.9 Å². The van der Waals surface area contributed by atoms with Crippen molar-refractivity contribution in [1.82, 2.24) is 5.32 Å². The molecule has 0 fully saturated rings. The molecule has 1 atom stereocenters. The molecule has 1 aliphatic heterocycles. The molecule has 0 bridgehead atoms. The van der Waals surface area contributed by atoms with E-state index in [1.54, 1.807) is 25.2 Å². The average molecular weight is 313 g/mol. The Kier molecular flexibility index (Phi) is 3.79. The molecule has 0 radical (unpaired) electrons. The number of likely N-dealkylation sites (N-methyl/N-ethyl adjacent to an activating group) is 1. The number of hydrogen-bond donors (Lipinski definition) is 2. The maximum absolute atomic E-state index is 11.9. The monoisotopic (exact) mass is 312 g/mol. The first kappa shape index (κ1) is 13.2. The van der Waals surface area contributed by atoms with E-state index in [0.29, 0.717) is 22.3 Å². The normalized spacial score (nSPS) is 16.1. The molecule has 1 unspecified atom stereocenters. The molecule has 2 rings (SSSR count). The van der Waals surface area contributed by atoms with Crippen molar-refractivity contribution in [3.63, 3.8) is 0 Å². The number of carbonyl (C=O) groups excluding carboxylic acids is 2.